The molecule has 3 N–H and O–H groups in total. The Labute approximate surface area is 146 Å². The topological polar surface area (TPSA) is 61.4 Å². The van der Waals surface area contributed by atoms with Crippen LogP contribution in [-0.4, -0.2) is 23.8 Å². The first-order valence-corrected chi connectivity index (χ1v) is 8.32. The van der Waals surface area contributed by atoms with E-state index in [0.29, 0.717) is 12.0 Å². The summed E-state index contributed by atoms with van der Waals surface area (Å²) >= 11 is 0. The third-order valence-electron chi connectivity index (χ3n) is 4.31. The molecule has 0 aromatic heterocycles. The molecule has 0 spiro atoms. The van der Waals surface area contributed by atoms with Crippen LogP contribution in [0.15, 0.2) is 66.7 Å². The number of halogens is 1. The van der Waals surface area contributed by atoms with E-state index in [2.05, 4.69) is 10.6 Å². The van der Waals surface area contributed by atoms with Gasteiger partial charge in [0.25, 0.3) is 0 Å². The number of carbonyl (C=O) groups excluding carboxylic acids is 1. The number of hydrogen-bond donors (Lipinski definition) is 3. The number of hydrogen-bond acceptors (Lipinski definition) is 2. The van der Waals surface area contributed by atoms with Crippen LogP contribution in [0.2, 0.25) is 0 Å². The molecule has 2 aromatic carbocycles. The molecule has 0 saturated carbocycles. The van der Waals surface area contributed by atoms with Crippen molar-refractivity contribution in [2.45, 2.75) is 18.5 Å². The van der Waals surface area contributed by atoms with Crippen LogP contribution in [0.1, 0.15) is 23.6 Å². The van der Waals surface area contributed by atoms with Gasteiger partial charge in [0.15, 0.2) is 0 Å². The summed E-state index contributed by atoms with van der Waals surface area (Å²) in [6.45, 7) is 0.0756. The summed E-state index contributed by atoms with van der Waals surface area (Å²) in [5.74, 6) is -0.261. The molecule has 0 heterocycles. The molecule has 25 heavy (non-hydrogen) atoms. The Balaban J connectivity index is 1.74. The highest BCUT2D eigenvalue weighted by Gasteiger charge is 2.22. The second kappa shape index (κ2) is 7.94. The number of benzene rings is 2. The van der Waals surface area contributed by atoms with Crippen molar-refractivity contribution in [2.75, 3.05) is 6.61 Å². The number of aliphatic hydroxyl groups is 1. The lowest BCUT2D eigenvalue weighted by atomic mass is 9.99. The van der Waals surface area contributed by atoms with Gasteiger partial charge in [-0.15, -0.1) is 0 Å². The molecule has 2 aromatic rings. The summed E-state index contributed by atoms with van der Waals surface area (Å²) < 4.78 is 13.6. The van der Waals surface area contributed by atoms with Gasteiger partial charge in [-0.25, -0.2) is 9.18 Å². The minimum absolute atomic E-state index is 0.0756. The largest absolute Gasteiger partial charge is 0.396 e. The zero-order chi connectivity index (χ0) is 17.6. The van der Waals surface area contributed by atoms with Crippen LogP contribution in [0.25, 0.3) is 0 Å². The molecule has 5 heteroatoms. The van der Waals surface area contributed by atoms with E-state index in [-0.39, 0.29) is 30.4 Å². The van der Waals surface area contributed by atoms with Crippen LogP contribution in [0.3, 0.4) is 0 Å². The predicted octanol–water partition coefficient (Wildman–Crippen LogP) is 3.15. The van der Waals surface area contributed by atoms with E-state index < -0.39 is 6.04 Å². The van der Waals surface area contributed by atoms with Gasteiger partial charge in [-0.3, -0.25) is 0 Å². The van der Waals surface area contributed by atoms with E-state index in [1.165, 1.54) is 12.1 Å². The highest BCUT2D eigenvalue weighted by molar-refractivity contribution is 5.75. The van der Waals surface area contributed by atoms with Crippen molar-refractivity contribution in [3.05, 3.63) is 83.7 Å². The zero-order valence-electron chi connectivity index (χ0n) is 13.7. The lowest BCUT2D eigenvalue weighted by Crippen LogP contribution is -2.42. The monoisotopic (exact) mass is 340 g/mol. The molecule has 0 saturated heterocycles. The summed E-state index contributed by atoms with van der Waals surface area (Å²) in [6, 6.07) is 14.8. The van der Waals surface area contributed by atoms with E-state index in [4.69, 9.17) is 0 Å². The number of amides is 2. The minimum atomic E-state index is -0.448. The predicted molar refractivity (Wildman–Crippen MR) is 94.5 cm³/mol. The summed E-state index contributed by atoms with van der Waals surface area (Å²) in [4.78, 5) is 12.4. The Hall–Kier alpha value is -2.66. The quantitative estimate of drug-likeness (QED) is 0.732. The maximum Gasteiger partial charge on any atom is 0.316 e. The molecule has 3 rings (SSSR count). The first-order chi connectivity index (χ1) is 12.2. The molecule has 0 bridgehead atoms. The lowest BCUT2D eigenvalue weighted by Gasteiger charge is -2.22. The van der Waals surface area contributed by atoms with Crippen LogP contribution >= 0.6 is 0 Å². The number of rotatable bonds is 5. The van der Waals surface area contributed by atoms with E-state index >= 15 is 0 Å². The van der Waals surface area contributed by atoms with E-state index in [1.807, 2.05) is 42.5 Å². The zero-order valence-corrected chi connectivity index (χ0v) is 13.7. The van der Waals surface area contributed by atoms with Gasteiger partial charge in [0.05, 0.1) is 6.04 Å². The van der Waals surface area contributed by atoms with Gasteiger partial charge in [0, 0.05) is 18.6 Å². The summed E-state index contributed by atoms with van der Waals surface area (Å²) in [6.07, 6.45) is 4.48. The van der Waals surface area contributed by atoms with Gasteiger partial charge < -0.3 is 15.7 Å². The number of urea groups is 1. The smallest absolute Gasteiger partial charge is 0.316 e. The fourth-order valence-corrected chi connectivity index (χ4v) is 3.05. The van der Waals surface area contributed by atoms with Crippen LogP contribution in [-0.2, 0) is 0 Å². The second-order valence-corrected chi connectivity index (χ2v) is 6.19. The molecule has 0 radical (unpaired) electrons. The first kappa shape index (κ1) is 17.2. The van der Waals surface area contributed by atoms with Crippen LogP contribution in [0.4, 0.5) is 9.18 Å². The fraction of sp³-hybridized carbons (Fsp3) is 0.250. The van der Waals surface area contributed by atoms with Crippen LogP contribution < -0.4 is 10.6 Å². The highest BCUT2D eigenvalue weighted by atomic mass is 19.1. The van der Waals surface area contributed by atoms with Gasteiger partial charge in [0.1, 0.15) is 5.82 Å². The summed E-state index contributed by atoms with van der Waals surface area (Å²) in [5, 5.41) is 15.0. The molecule has 0 unspecified atom stereocenters. The van der Waals surface area contributed by atoms with Gasteiger partial charge >= 0.3 is 6.03 Å². The fourth-order valence-electron chi connectivity index (χ4n) is 3.05. The van der Waals surface area contributed by atoms with Gasteiger partial charge in [-0.1, -0.05) is 54.6 Å². The molecule has 130 valence electrons. The minimum Gasteiger partial charge on any atom is -0.396 e. The third kappa shape index (κ3) is 4.45. The SMILES string of the molecule is O=C(N[C@H](c1ccccc1)c1cccc(F)c1)N[C@@H]1C=C[C@H](CO)C1. The van der Waals surface area contributed by atoms with Crippen LogP contribution in [0.5, 0.6) is 0 Å². The van der Waals surface area contributed by atoms with Crippen LogP contribution in [0, 0.1) is 11.7 Å². The van der Waals surface area contributed by atoms with E-state index in [1.54, 1.807) is 12.1 Å². The van der Waals surface area contributed by atoms with Crippen molar-refractivity contribution in [3.63, 3.8) is 0 Å². The van der Waals surface area contributed by atoms with Gasteiger partial charge in [-0.05, 0) is 29.7 Å². The number of carbonyl (C=O) groups is 1. The molecule has 0 aliphatic heterocycles. The summed E-state index contributed by atoms with van der Waals surface area (Å²) in [5.41, 5.74) is 1.55. The van der Waals surface area contributed by atoms with Crippen molar-refractivity contribution in [2.24, 2.45) is 5.92 Å². The maximum absolute atomic E-state index is 13.6. The molecule has 0 fully saturated rings. The Bertz CT molecular complexity index is 748. The molecule has 1 aliphatic rings. The Morgan fingerprint density at radius 3 is 2.56 bits per heavy atom. The van der Waals surface area contributed by atoms with Crippen molar-refractivity contribution in [3.8, 4) is 0 Å². The molecule has 3 atom stereocenters. The van der Waals surface area contributed by atoms with Crippen molar-refractivity contribution < 1.29 is 14.3 Å². The molecule has 2 amide bonds. The normalized spacial score (nSPS) is 20.2. The number of aliphatic hydroxyl groups excluding tert-OH is 1. The molecule has 1 aliphatic carbocycles. The van der Waals surface area contributed by atoms with Crippen molar-refractivity contribution in [1.82, 2.24) is 10.6 Å². The lowest BCUT2D eigenvalue weighted by molar-refractivity contribution is 0.230. The Kier molecular flexibility index (Phi) is 5.46. The molecule has 4 nitrogen and oxygen atoms in total. The van der Waals surface area contributed by atoms with Gasteiger partial charge in [-0.2, -0.15) is 0 Å². The molecular formula is C20H21FN2O2. The van der Waals surface area contributed by atoms with Gasteiger partial charge in [0.2, 0.25) is 0 Å². The highest BCUT2D eigenvalue weighted by Crippen LogP contribution is 2.23. The Morgan fingerprint density at radius 2 is 1.88 bits per heavy atom. The summed E-state index contributed by atoms with van der Waals surface area (Å²) in [7, 11) is 0. The third-order valence-corrected chi connectivity index (χ3v) is 4.31. The molecular weight excluding hydrogens is 319 g/mol. The maximum atomic E-state index is 13.6. The average molecular weight is 340 g/mol. The Morgan fingerprint density at radius 1 is 1.12 bits per heavy atom. The van der Waals surface area contributed by atoms with E-state index in [0.717, 1.165) is 5.56 Å². The number of nitrogens with one attached hydrogen (secondary N) is 2. The standard InChI is InChI=1S/C20H21FN2O2/c21-17-8-4-7-16(12-17)19(15-5-2-1-3-6-15)23-20(25)22-18-10-9-14(11-18)13-24/h1-10,12,14,18-19,24H,11,13H2,(H2,22,23,25)/t14-,18+,19+/m0/s1. The second-order valence-electron chi connectivity index (χ2n) is 6.19. The van der Waals surface area contributed by atoms with Crippen molar-refractivity contribution >= 4 is 6.03 Å². The van der Waals surface area contributed by atoms with Crippen molar-refractivity contribution in [1.29, 1.82) is 0 Å². The average Bonchev–Trinajstić information content (AvgIpc) is 3.08. The van der Waals surface area contributed by atoms with E-state index in [9.17, 15) is 14.3 Å². The first-order valence-electron chi connectivity index (χ1n) is 8.32.